The van der Waals surface area contributed by atoms with Gasteiger partial charge >= 0.3 is 17.8 Å². The van der Waals surface area contributed by atoms with Crippen molar-refractivity contribution in [3.63, 3.8) is 0 Å². The second-order valence-corrected chi connectivity index (χ2v) is 7.54. The molecule has 6 nitrogen and oxygen atoms in total. The first-order valence-corrected chi connectivity index (χ1v) is 8.58. The molecule has 122 valence electrons. The van der Waals surface area contributed by atoms with Crippen molar-refractivity contribution in [1.29, 1.82) is 0 Å². The van der Waals surface area contributed by atoms with E-state index < -0.39 is 24.4 Å². The summed E-state index contributed by atoms with van der Waals surface area (Å²) in [4.78, 5) is 50.6. The predicted molar refractivity (Wildman–Crippen MR) is 90.5 cm³/mol. The molecule has 2 heterocycles. The number of amides is 4. The molecule has 1 saturated heterocycles. The number of ketones is 1. The van der Waals surface area contributed by atoms with Crippen molar-refractivity contribution in [1.82, 2.24) is 9.80 Å². The van der Waals surface area contributed by atoms with Crippen LogP contribution in [0.5, 0.6) is 0 Å². The minimum absolute atomic E-state index is 0.000509. The molecule has 1 aliphatic heterocycles. The van der Waals surface area contributed by atoms with Crippen molar-refractivity contribution < 1.29 is 19.2 Å². The summed E-state index contributed by atoms with van der Waals surface area (Å²) in [6.45, 7) is -0.443. The zero-order valence-corrected chi connectivity index (χ0v) is 14.7. The second-order valence-electron chi connectivity index (χ2n) is 5.08. The number of carbonyl (C=O) groups is 4. The summed E-state index contributed by atoms with van der Waals surface area (Å²) in [5, 5.41) is 0. The van der Waals surface area contributed by atoms with E-state index in [9.17, 15) is 19.2 Å². The van der Waals surface area contributed by atoms with E-state index >= 15 is 0 Å². The first-order valence-electron chi connectivity index (χ1n) is 6.97. The molecule has 3 rings (SSSR count). The summed E-state index contributed by atoms with van der Waals surface area (Å²) in [5.41, 5.74) is 0.724. The van der Waals surface area contributed by atoms with Gasteiger partial charge in [0.15, 0.2) is 5.78 Å². The molecule has 2 aromatic rings. The lowest BCUT2D eigenvalue weighted by molar-refractivity contribution is -0.143. The van der Waals surface area contributed by atoms with Gasteiger partial charge in [-0.3, -0.25) is 19.3 Å². The Balaban J connectivity index is 1.75. The average molecular weight is 407 g/mol. The summed E-state index contributed by atoms with van der Waals surface area (Å²) < 4.78 is 0.770. The molecule has 1 aromatic carbocycles. The van der Waals surface area contributed by atoms with Gasteiger partial charge in [0.25, 0.3) is 0 Å². The Morgan fingerprint density at radius 3 is 2.25 bits per heavy atom. The van der Waals surface area contributed by atoms with E-state index in [1.54, 1.807) is 36.4 Å². The molecule has 0 unspecified atom stereocenters. The van der Waals surface area contributed by atoms with E-state index in [1.807, 2.05) is 6.07 Å². The molecule has 1 fully saturated rings. The highest BCUT2D eigenvalue weighted by Crippen LogP contribution is 2.23. The van der Waals surface area contributed by atoms with Crippen LogP contribution >= 0.6 is 27.3 Å². The second kappa shape index (κ2) is 6.66. The normalized spacial score (nSPS) is 14.6. The highest BCUT2D eigenvalue weighted by Gasteiger charge is 2.45. The predicted octanol–water partition coefficient (Wildman–Crippen LogP) is 2.68. The molecule has 0 aliphatic carbocycles. The number of hydrogen-bond acceptors (Lipinski definition) is 5. The fourth-order valence-electron chi connectivity index (χ4n) is 2.28. The Morgan fingerprint density at radius 1 is 0.958 bits per heavy atom. The van der Waals surface area contributed by atoms with Crippen LogP contribution < -0.4 is 0 Å². The van der Waals surface area contributed by atoms with Crippen molar-refractivity contribution in [3.05, 3.63) is 56.7 Å². The standard InChI is InChI=1S/C16H11BrN2O4S/c17-13-7-6-12(24-13)11(20)9-19-15(22)14(21)18(16(19)23)8-10-4-2-1-3-5-10/h1-7H,8-9H2. The van der Waals surface area contributed by atoms with Crippen LogP contribution in [0.2, 0.25) is 0 Å². The maximum atomic E-state index is 12.4. The first-order chi connectivity index (χ1) is 11.5. The van der Waals surface area contributed by atoms with Gasteiger partial charge in [0.05, 0.1) is 21.8 Å². The van der Waals surface area contributed by atoms with Crippen molar-refractivity contribution >= 4 is 50.9 Å². The third-order valence-electron chi connectivity index (χ3n) is 3.47. The van der Waals surface area contributed by atoms with Gasteiger partial charge < -0.3 is 0 Å². The number of Topliss-reactive ketones (excluding diaryl/α,β-unsaturated/α-hetero) is 1. The van der Waals surface area contributed by atoms with E-state index in [2.05, 4.69) is 15.9 Å². The number of rotatable bonds is 5. The van der Waals surface area contributed by atoms with Gasteiger partial charge in [-0.2, -0.15) is 0 Å². The van der Waals surface area contributed by atoms with Gasteiger partial charge in [0, 0.05) is 0 Å². The quantitative estimate of drug-likeness (QED) is 0.434. The fraction of sp³-hybridized carbons (Fsp3) is 0.125. The third kappa shape index (κ3) is 3.15. The Hall–Kier alpha value is -2.32. The van der Waals surface area contributed by atoms with Gasteiger partial charge in [0.1, 0.15) is 0 Å². The zero-order valence-electron chi connectivity index (χ0n) is 12.3. The van der Waals surface area contributed by atoms with Crippen LogP contribution in [0, 0.1) is 0 Å². The molecule has 0 spiro atoms. The number of imide groups is 2. The topological polar surface area (TPSA) is 74.8 Å². The Labute approximate surface area is 149 Å². The number of halogens is 1. The molecule has 0 N–H and O–H groups in total. The number of urea groups is 1. The molecule has 0 atom stereocenters. The van der Waals surface area contributed by atoms with Gasteiger partial charge in [-0.1, -0.05) is 30.3 Å². The molecule has 0 radical (unpaired) electrons. The van der Waals surface area contributed by atoms with Gasteiger partial charge in [-0.05, 0) is 33.6 Å². The summed E-state index contributed by atoms with van der Waals surface area (Å²) in [6, 6.07) is 11.4. The molecular formula is C16H11BrN2O4S. The summed E-state index contributed by atoms with van der Waals surface area (Å²) >= 11 is 4.45. The Morgan fingerprint density at radius 2 is 1.62 bits per heavy atom. The summed E-state index contributed by atoms with van der Waals surface area (Å²) in [6.07, 6.45) is 0. The number of thiophene rings is 1. The highest BCUT2D eigenvalue weighted by molar-refractivity contribution is 9.11. The van der Waals surface area contributed by atoms with Crippen LogP contribution in [0.25, 0.3) is 0 Å². The number of benzene rings is 1. The molecular weight excluding hydrogens is 396 g/mol. The van der Waals surface area contributed by atoms with Crippen LogP contribution in [-0.4, -0.2) is 40.0 Å². The minimum atomic E-state index is -0.972. The highest BCUT2D eigenvalue weighted by atomic mass is 79.9. The van der Waals surface area contributed by atoms with Gasteiger partial charge in [-0.15, -0.1) is 11.3 Å². The van der Waals surface area contributed by atoms with Crippen molar-refractivity contribution in [3.8, 4) is 0 Å². The van der Waals surface area contributed by atoms with Gasteiger partial charge in [-0.25, -0.2) is 9.69 Å². The van der Waals surface area contributed by atoms with E-state index in [0.717, 1.165) is 14.2 Å². The van der Waals surface area contributed by atoms with Crippen molar-refractivity contribution in [2.24, 2.45) is 0 Å². The van der Waals surface area contributed by atoms with Crippen LogP contribution in [0.15, 0.2) is 46.3 Å². The number of nitrogens with zero attached hydrogens (tertiary/aromatic N) is 2. The third-order valence-corrected chi connectivity index (χ3v) is 5.13. The van der Waals surface area contributed by atoms with Crippen molar-refractivity contribution in [2.45, 2.75) is 6.54 Å². The Kier molecular flexibility index (Phi) is 4.59. The van der Waals surface area contributed by atoms with Crippen molar-refractivity contribution in [2.75, 3.05) is 6.54 Å². The molecule has 1 aromatic heterocycles. The molecule has 4 amide bonds. The minimum Gasteiger partial charge on any atom is -0.291 e. The SMILES string of the molecule is O=C(CN1C(=O)C(=O)N(Cc2ccccc2)C1=O)c1ccc(Br)s1. The van der Waals surface area contributed by atoms with E-state index in [-0.39, 0.29) is 12.3 Å². The zero-order chi connectivity index (χ0) is 17.3. The average Bonchev–Trinajstić information content (AvgIpc) is 3.09. The first kappa shape index (κ1) is 16.5. The molecule has 0 bridgehead atoms. The monoisotopic (exact) mass is 406 g/mol. The Bertz CT molecular complexity index is 834. The lowest BCUT2D eigenvalue weighted by atomic mass is 10.2. The number of carbonyl (C=O) groups excluding carboxylic acids is 4. The summed E-state index contributed by atoms with van der Waals surface area (Å²) in [5.74, 6) is -2.27. The van der Waals surface area contributed by atoms with Crippen LogP contribution in [0.1, 0.15) is 15.2 Å². The van der Waals surface area contributed by atoms with Crippen LogP contribution in [-0.2, 0) is 16.1 Å². The molecule has 8 heteroatoms. The van der Waals surface area contributed by atoms with Gasteiger partial charge in [0.2, 0.25) is 0 Å². The maximum Gasteiger partial charge on any atom is 0.334 e. The summed E-state index contributed by atoms with van der Waals surface area (Å²) in [7, 11) is 0. The van der Waals surface area contributed by atoms with E-state index in [4.69, 9.17) is 0 Å². The lowest BCUT2D eigenvalue weighted by Crippen LogP contribution is -2.36. The molecule has 1 aliphatic rings. The van der Waals surface area contributed by atoms with Crippen LogP contribution in [0.4, 0.5) is 4.79 Å². The van der Waals surface area contributed by atoms with Crippen LogP contribution in [0.3, 0.4) is 0 Å². The molecule has 0 saturated carbocycles. The largest absolute Gasteiger partial charge is 0.334 e. The fourth-order valence-corrected chi connectivity index (χ4v) is 3.60. The number of hydrogen-bond donors (Lipinski definition) is 0. The van der Waals surface area contributed by atoms with E-state index in [0.29, 0.717) is 9.78 Å². The maximum absolute atomic E-state index is 12.4. The lowest BCUT2D eigenvalue weighted by Gasteiger charge is -2.14. The molecule has 24 heavy (non-hydrogen) atoms. The smallest absolute Gasteiger partial charge is 0.291 e. The van der Waals surface area contributed by atoms with E-state index in [1.165, 1.54) is 11.3 Å².